The molecule has 0 spiro atoms. The normalized spacial score (nSPS) is 14.4. The molecule has 1 aromatic carbocycles. The fourth-order valence-electron chi connectivity index (χ4n) is 3.42. The van der Waals surface area contributed by atoms with E-state index in [0.29, 0.717) is 11.6 Å². The highest BCUT2D eigenvalue weighted by atomic mass is 32.2. The highest BCUT2D eigenvalue weighted by Gasteiger charge is 2.20. The van der Waals surface area contributed by atoms with Gasteiger partial charge in [0.2, 0.25) is 5.95 Å². The first-order valence-electron chi connectivity index (χ1n) is 9.74. The van der Waals surface area contributed by atoms with Gasteiger partial charge in [-0.15, -0.1) is 11.3 Å². The van der Waals surface area contributed by atoms with Gasteiger partial charge in [-0.25, -0.2) is 28.4 Å². The number of aromatic nitrogens is 4. The molecule has 1 fully saturated rings. The Balaban J connectivity index is 1.48. The number of halogens is 1. The molecule has 5 rings (SSSR count). The highest BCUT2D eigenvalue weighted by Crippen LogP contribution is 2.35. The molecule has 31 heavy (non-hydrogen) atoms. The molecule has 0 amide bonds. The molecular formula is C20H20FN7OS2. The van der Waals surface area contributed by atoms with E-state index < -0.39 is 5.82 Å². The van der Waals surface area contributed by atoms with Crippen LogP contribution in [0.15, 0.2) is 42.0 Å². The summed E-state index contributed by atoms with van der Waals surface area (Å²) in [5, 5.41) is 5.27. The quantitative estimate of drug-likeness (QED) is 0.408. The predicted molar refractivity (Wildman–Crippen MR) is 122 cm³/mol. The van der Waals surface area contributed by atoms with Crippen LogP contribution >= 0.6 is 23.5 Å². The van der Waals surface area contributed by atoms with E-state index in [9.17, 15) is 4.39 Å². The first kappa shape index (κ1) is 20.2. The molecular weight excluding hydrogens is 437 g/mol. The van der Waals surface area contributed by atoms with Gasteiger partial charge in [0, 0.05) is 61.7 Å². The lowest BCUT2D eigenvalue weighted by atomic mass is 10.1. The van der Waals surface area contributed by atoms with Gasteiger partial charge in [0.25, 0.3) is 0 Å². The highest BCUT2D eigenvalue weighted by molar-refractivity contribution is 7.95. The number of ether oxygens (including phenoxy) is 1. The Morgan fingerprint density at radius 2 is 2.23 bits per heavy atom. The van der Waals surface area contributed by atoms with Crippen LogP contribution in [-0.2, 0) is 0 Å². The second-order valence-corrected chi connectivity index (χ2v) is 8.68. The van der Waals surface area contributed by atoms with E-state index >= 15 is 0 Å². The third kappa shape index (κ3) is 4.09. The average molecular weight is 458 g/mol. The standard InChI is InChI=1S/C20H20FN7OS2/c1-29-16-12-13(2-3-14(16)21)17-18(28-10-11-30-20(28)26-17)15-4-5-22-19(25-15)23-6-8-27-9-7-24-31-27/h2-5,10-12,24H,6-9H2,1H3,(H,22,23,25). The largest absolute Gasteiger partial charge is 0.494 e. The van der Waals surface area contributed by atoms with Crippen molar-refractivity contribution in [1.82, 2.24) is 28.4 Å². The lowest BCUT2D eigenvalue weighted by molar-refractivity contribution is 0.387. The molecule has 0 saturated carbocycles. The van der Waals surface area contributed by atoms with Crippen molar-refractivity contribution in [2.45, 2.75) is 0 Å². The van der Waals surface area contributed by atoms with Crippen molar-refractivity contribution in [2.75, 3.05) is 38.6 Å². The lowest BCUT2D eigenvalue weighted by Crippen LogP contribution is -2.22. The smallest absolute Gasteiger partial charge is 0.223 e. The van der Waals surface area contributed by atoms with E-state index in [1.807, 2.05) is 22.0 Å². The van der Waals surface area contributed by atoms with Gasteiger partial charge in [-0.1, -0.05) is 0 Å². The molecule has 0 atom stereocenters. The number of benzene rings is 1. The van der Waals surface area contributed by atoms with Crippen LogP contribution in [0.5, 0.6) is 5.75 Å². The van der Waals surface area contributed by atoms with Crippen LogP contribution in [0, 0.1) is 5.82 Å². The first-order valence-corrected chi connectivity index (χ1v) is 11.4. The number of hydrogen-bond donors (Lipinski definition) is 2. The summed E-state index contributed by atoms with van der Waals surface area (Å²) >= 11 is 3.17. The zero-order valence-corrected chi connectivity index (χ0v) is 18.3. The van der Waals surface area contributed by atoms with Crippen LogP contribution in [0.4, 0.5) is 10.3 Å². The molecule has 160 valence electrons. The third-order valence-corrected chi connectivity index (χ3v) is 6.60. The number of rotatable bonds is 7. The van der Waals surface area contributed by atoms with Gasteiger partial charge in [0.15, 0.2) is 16.5 Å². The molecule has 1 aliphatic rings. The minimum absolute atomic E-state index is 0.180. The maximum Gasteiger partial charge on any atom is 0.223 e. The van der Waals surface area contributed by atoms with Gasteiger partial charge >= 0.3 is 0 Å². The Morgan fingerprint density at radius 3 is 3.06 bits per heavy atom. The van der Waals surface area contributed by atoms with Gasteiger partial charge in [-0.2, -0.15) is 0 Å². The maximum atomic E-state index is 14.0. The fraction of sp³-hybridized carbons (Fsp3) is 0.250. The molecule has 8 nitrogen and oxygen atoms in total. The number of thiazole rings is 1. The molecule has 1 aliphatic heterocycles. The summed E-state index contributed by atoms with van der Waals surface area (Å²) < 4.78 is 26.6. The maximum absolute atomic E-state index is 14.0. The van der Waals surface area contributed by atoms with Crippen molar-refractivity contribution in [3.63, 3.8) is 0 Å². The van der Waals surface area contributed by atoms with Crippen molar-refractivity contribution in [1.29, 1.82) is 0 Å². The van der Waals surface area contributed by atoms with Gasteiger partial charge in [0.05, 0.1) is 18.5 Å². The Bertz CT molecular complexity index is 1210. The molecule has 11 heteroatoms. The van der Waals surface area contributed by atoms with E-state index in [1.165, 1.54) is 24.5 Å². The van der Waals surface area contributed by atoms with Crippen LogP contribution in [0.3, 0.4) is 0 Å². The monoisotopic (exact) mass is 457 g/mol. The Morgan fingerprint density at radius 1 is 1.29 bits per heavy atom. The van der Waals surface area contributed by atoms with Crippen molar-refractivity contribution in [3.8, 4) is 28.4 Å². The van der Waals surface area contributed by atoms with Crippen molar-refractivity contribution < 1.29 is 9.13 Å². The summed E-state index contributed by atoms with van der Waals surface area (Å²) in [4.78, 5) is 14.7. The third-order valence-electron chi connectivity index (χ3n) is 4.89. The van der Waals surface area contributed by atoms with Crippen LogP contribution < -0.4 is 14.8 Å². The second kappa shape index (κ2) is 8.79. The van der Waals surface area contributed by atoms with E-state index in [-0.39, 0.29) is 5.75 Å². The molecule has 0 aliphatic carbocycles. The molecule has 1 saturated heterocycles. The summed E-state index contributed by atoms with van der Waals surface area (Å²) in [5.41, 5.74) is 3.04. The van der Waals surface area contributed by atoms with Gasteiger partial charge in [0.1, 0.15) is 5.69 Å². The average Bonchev–Trinajstić information content (AvgIpc) is 3.52. The Kier molecular flexibility index (Phi) is 5.72. The van der Waals surface area contributed by atoms with Crippen molar-refractivity contribution in [3.05, 3.63) is 47.9 Å². The summed E-state index contributed by atoms with van der Waals surface area (Å²) in [6.07, 6.45) is 3.69. The predicted octanol–water partition coefficient (Wildman–Crippen LogP) is 3.55. The number of nitrogens with zero attached hydrogens (tertiary/aromatic N) is 5. The van der Waals surface area contributed by atoms with E-state index in [0.717, 1.165) is 48.1 Å². The summed E-state index contributed by atoms with van der Waals surface area (Å²) in [6.45, 7) is 3.63. The van der Waals surface area contributed by atoms with Crippen LogP contribution in [0.25, 0.3) is 27.6 Å². The molecule has 0 radical (unpaired) electrons. The second-order valence-electron chi connectivity index (χ2n) is 6.82. The van der Waals surface area contributed by atoms with E-state index in [4.69, 9.17) is 14.7 Å². The molecule has 4 heterocycles. The molecule has 0 bridgehead atoms. The number of fused-ring (bicyclic) bond motifs is 1. The molecule has 2 N–H and O–H groups in total. The fourth-order valence-corrected chi connectivity index (χ4v) is 4.86. The van der Waals surface area contributed by atoms with Crippen molar-refractivity contribution in [2.24, 2.45) is 0 Å². The SMILES string of the molecule is COc1cc(-c2nc3sccn3c2-c2ccnc(NCCN3CCNS3)n2)ccc1F. The van der Waals surface area contributed by atoms with Crippen LogP contribution in [-0.4, -0.2) is 56.9 Å². The molecule has 4 aromatic rings. The van der Waals surface area contributed by atoms with Crippen LogP contribution in [0.2, 0.25) is 0 Å². The number of methoxy groups -OCH3 is 1. The van der Waals surface area contributed by atoms with Gasteiger partial charge in [-0.05, 0) is 24.3 Å². The summed E-state index contributed by atoms with van der Waals surface area (Å²) in [6, 6.07) is 6.61. The zero-order valence-electron chi connectivity index (χ0n) is 16.7. The van der Waals surface area contributed by atoms with Crippen LogP contribution in [0.1, 0.15) is 0 Å². The minimum Gasteiger partial charge on any atom is -0.494 e. The first-order chi connectivity index (χ1) is 15.2. The number of anilines is 1. The van der Waals surface area contributed by atoms with Crippen molar-refractivity contribution >= 4 is 34.4 Å². The Hall–Kier alpha value is -2.73. The number of hydrogen-bond acceptors (Lipinski definition) is 9. The van der Waals surface area contributed by atoms with Gasteiger partial charge < -0.3 is 10.1 Å². The summed E-state index contributed by atoms with van der Waals surface area (Å²) in [7, 11) is 1.45. The topological polar surface area (TPSA) is 79.6 Å². The van der Waals surface area contributed by atoms with E-state index in [2.05, 4.69) is 19.3 Å². The minimum atomic E-state index is -0.409. The number of imidazole rings is 1. The van der Waals surface area contributed by atoms with Gasteiger partial charge in [-0.3, -0.25) is 4.40 Å². The zero-order chi connectivity index (χ0) is 21.2. The molecule has 3 aromatic heterocycles. The Labute approximate surface area is 186 Å². The van der Waals surface area contributed by atoms with E-state index in [1.54, 1.807) is 30.5 Å². The number of nitrogens with one attached hydrogen (secondary N) is 2. The summed E-state index contributed by atoms with van der Waals surface area (Å²) in [5.74, 6) is 0.329. The lowest BCUT2D eigenvalue weighted by Gasteiger charge is -2.13. The molecule has 0 unspecified atom stereocenters.